The van der Waals surface area contributed by atoms with E-state index in [1.165, 1.54) is 43.4 Å². The van der Waals surface area contributed by atoms with Gasteiger partial charge >= 0.3 is 0 Å². The summed E-state index contributed by atoms with van der Waals surface area (Å²) < 4.78 is 0. The van der Waals surface area contributed by atoms with Gasteiger partial charge in [-0.2, -0.15) is 0 Å². The Hall–Kier alpha value is 0.110. The Morgan fingerprint density at radius 3 is 2.70 bits per heavy atom. The summed E-state index contributed by atoms with van der Waals surface area (Å²) in [5.74, 6) is 0. The zero-order valence-electron chi connectivity index (χ0n) is 12.0. The van der Waals surface area contributed by atoms with Crippen LogP contribution >= 0.6 is 35.0 Å². The highest BCUT2D eigenvalue weighted by atomic mass is 35.5. The highest BCUT2D eigenvalue weighted by Gasteiger charge is 2.24. The van der Waals surface area contributed by atoms with Gasteiger partial charge in [0.1, 0.15) is 0 Å². The Balaban J connectivity index is 2.03. The number of hydrogen-bond acceptors (Lipinski definition) is 2. The molecule has 0 aromatic heterocycles. The molecule has 112 valence electrons. The summed E-state index contributed by atoms with van der Waals surface area (Å²) in [5, 5.41) is 5.66. The van der Waals surface area contributed by atoms with E-state index in [4.69, 9.17) is 23.2 Å². The predicted octanol–water partition coefficient (Wildman–Crippen LogP) is 5.79. The summed E-state index contributed by atoms with van der Waals surface area (Å²) in [7, 11) is 0. The first-order valence-corrected chi connectivity index (χ1v) is 9.19. The lowest BCUT2D eigenvalue weighted by Gasteiger charge is -2.26. The van der Waals surface area contributed by atoms with E-state index in [1.807, 2.05) is 23.9 Å². The molecular formula is C16H23Cl2NS. The van der Waals surface area contributed by atoms with Crippen molar-refractivity contribution in [2.75, 3.05) is 6.54 Å². The third-order valence-corrected chi connectivity index (χ3v) is 5.92. The Labute approximate surface area is 136 Å². The van der Waals surface area contributed by atoms with Crippen LogP contribution in [0.5, 0.6) is 0 Å². The van der Waals surface area contributed by atoms with Gasteiger partial charge < -0.3 is 5.32 Å². The highest BCUT2D eigenvalue weighted by Crippen LogP contribution is 2.35. The summed E-state index contributed by atoms with van der Waals surface area (Å²) in [6, 6.07) is 6.60. The van der Waals surface area contributed by atoms with E-state index in [2.05, 4.69) is 18.3 Å². The van der Waals surface area contributed by atoms with Crippen LogP contribution in [0, 0.1) is 0 Å². The number of halogens is 2. The van der Waals surface area contributed by atoms with Crippen LogP contribution in [0.15, 0.2) is 23.1 Å². The molecule has 1 aliphatic carbocycles. The molecule has 0 saturated heterocycles. The first-order chi connectivity index (χ1) is 9.70. The van der Waals surface area contributed by atoms with Gasteiger partial charge in [0.2, 0.25) is 0 Å². The number of nitrogens with one attached hydrogen (secondary N) is 1. The molecule has 1 saturated carbocycles. The van der Waals surface area contributed by atoms with E-state index in [-0.39, 0.29) is 0 Å². The molecule has 1 aliphatic rings. The van der Waals surface area contributed by atoms with Crippen molar-refractivity contribution in [1.29, 1.82) is 0 Å². The molecule has 2 atom stereocenters. The molecule has 0 radical (unpaired) electrons. The fourth-order valence-electron chi connectivity index (χ4n) is 2.70. The topological polar surface area (TPSA) is 12.0 Å². The third-order valence-electron chi connectivity index (χ3n) is 3.79. The molecule has 1 N–H and O–H groups in total. The molecule has 2 unspecified atom stereocenters. The van der Waals surface area contributed by atoms with Gasteiger partial charge in [-0.05, 0) is 44.0 Å². The van der Waals surface area contributed by atoms with Gasteiger partial charge in [-0.15, -0.1) is 11.8 Å². The number of thioether (sulfide) groups is 1. The van der Waals surface area contributed by atoms with E-state index in [0.717, 1.165) is 6.54 Å². The van der Waals surface area contributed by atoms with Crippen molar-refractivity contribution in [3.05, 3.63) is 28.2 Å². The average Bonchev–Trinajstić information content (AvgIpc) is 2.66. The van der Waals surface area contributed by atoms with Crippen molar-refractivity contribution in [3.8, 4) is 0 Å². The smallest absolute Gasteiger partial charge is 0.0603 e. The minimum atomic E-state index is 0.622. The van der Waals surface area contributed by atoms with Gasteiger partial charge in [-0.25, -0.2) is 0 Å². The first-order valence-electron chi connectivity index (χ1n) is 7.55. The monoisotopic (exact) mass is 331 g/mol. The van der Waals surface area contributed by atoms with Gasteiger partial charge in [-0.3, -0.25) is 0 Å². The number of rotatable bonds is 5. The fourth-order valence-corrected chi connectivity index (χ4v) is 4.43. The van der Waals surface area contributed by atoms with Crippen molar-refractivity contribution >= 4 is 35.0 Å². The minimum Gasteiger partial charge on any atom is -0.313 e. The van der Waals surface area contributed by atoms with Crippen molar-refractivity contribution in [1.82, 2.24) is 5.32 Å². The molecule has 4 heteroatoms. The maximum absolute atomic E-state index is 6.12. The molecule has 0 amide bonds. The maximum Gasteiger partial charge on any atom is 0.0603 e. The second-order valence-electron chi connectivity index (χ2n) is 5.43. The summed E-state index contributed by atoms with van der Waals surface area (Å²) in [5.41, 5.74) is 0. The first kappa shape index (κ1) is 16.5. The lowest BCUT2D eigenvalue weighted by molar-refractivity contribution is 0.470. The highest BCUT2D eigenvalue weighted by molar-refractivity contribution is 8.00. The SMILES string of the molecule is CCCNC1CCCCCC1Sc1ccc(Cl)c(Cl)c1. The fraction of sp³-hybridized carbons (Fsp3) is 0.625. The van der Waals surface area contributed by atoms with Crippen LogP contribution in [0.25, 0.3) is 0 Å². The van der Waals surface area contributed by atoms with Crippen LogP contribution in [-0.4, -0.2) is 17.8 Å². The summed E-state index contributed by atoms with van der Waals surface area (Å²) in [4.78, 5) is 1.23. The predicted molar refractivity (Wildman–Crippen MR) is 91.3 cm³/mol. The lowest BCUT2D eigenvalue weighted by Crippen LogP contribution is -2.37. The molecular weight excluding hydrogens is 309 g/mol. The van der Waals surface area contributed by atoms with E-state index < -0.39 is 0 Å². The van der Waals surface area contributed by atoms with Crippen LogP contribution < -0.4 is 5.32 Å². The molecule has 2 rings (SSSR count). The van der Waals surface area contributed by atoms with E-state index in [0.29, 0.717) is 21.3 Å². The van der Waals surface area contributed by atoms with Gasteiger partial charge in [-0.1, -0.05) is 49.4 Å². The van der Waals surface area contributed by atoms with Crippen molar-refractivity contribution in [3.63, 3.8) is 0 Å². The van der Waals surface area contributed by atoms with Crippen LogP contribution in [0.3, 0.4) is 0 Å². The molecule has 1 aromatic carbocycles. The molecule has 1 fully saturated rings. The van der Waals surface area contributed by atoms with Crippen LogP contribution in [0.4, 0.5) is 0 Å². The van der Waals surface area contributed by atoms with E-state index in [1.54, 1.807) is 0 Å². The van der Waals surface area contributed by atoms with E-state index in [9.17, 15) is 0 Å². The Kier molecular flexibility index (Phi) is 7.03. The van der Waals surface area contributed by atoms with Crippen LogP contribution in [0.1, 0.15) is 45.4 Å². The maximum atomic E-state index is 6.12. The average molecular weight is 332 g/mol. The lowest BCUT2D eigenvalue weighted by atomic mass is 10.1. The van der Waals surface area contributed by atoms with Crippen LogP contribution in [0.2, 0.25) is 10.0 Å². The van der Waals surface area contributed by atoms with Gasteiger partial charge in [0.05, 0.1) is 10.0 Å². The van der Waals surface area contributed by atoms with Crippen molar-refractivity contribution in [2.45, 2.75) is 61.6 Å². The van der Waals surface area contributed by atoms with Gasteiger partial charge in [0, 0.05) is 16.2 Å². The molecule has 0 spiro atoms. The molecule has 0 aliphatic heterocycles. The standard InChI is InChI=1S/C16H23Cl2NS/c1-2-10-19-15-6-4-3-5-7-16(15)20-12-8-9-13(17)14(18)11-12/h8-9,11,15-16,19H,2-7,10H2,1H3. The van der Waals surface area contributed by atoms with E-state index >= 15 is 0 Å². The number of hydrogen-bond donors (Lipinski definition) is 1. The molecule has 1 aromatic rings. The quantitative estimate of drug-likeness (QED) is 0.685. The Morgan fingerprint density at radius 1 is 1.15 bits per heavy atom. The van der Waals surface area contributed by atoms with Gasteiger partial charge in [0.15, 0.2) is 0 Å². The minimum absolute atomic E-state index is 0.622. The van der Waals surface area contributed by atoms with Crippen molar-refractivity contribution < 1.29 is 0 Å². The second-order valence-corrected chi connectivity index (χ2v) is 7.56. The second kappa shape index (κ2) is 8.53. The Morgan fingerprint density at radius 2 is 1.95 bits per heavy atom. The summed E-state index contributed by atoms with van der Waals surface area (Å²) >= 11 is 14.1. The third kappa shape index (κ3) is 4.84. The molecule has 20 heavy (non-hydrogen) atoms. The molecule has 0 bridgehead atoms. The van der Waals surface area contributed by atoms with Crippen LogP contribution in [-0.2, 0) is 0 Å². The Bertz CT molecular complexity index is 425. The molecule has 0 heterocycles. The zero-order valence-corrected chi connectivity index (χ0v) is 14.3. The molecule has 1 nitrogen and oxygen atoms in total. The zero-order chi connectivity index (χ0) is 14.4. The van der Waals surface area contributed by atoms with Gasteiger partial charge in [0.25, 0.3) is 0 Å². The largest absolute Gasteiger partial charge is 0.313 e. The summed E-state index contributed by atoms with van der Waals surface area (Å²) in [6.45, 7) is 3.34. The number of benzene rings is 1. The van der Waals surface area contributed by atoms with Crippen molar-refractivity contribution in [2.24, 2.45) is 0 Å². The summed E-state index contributed by atoms with van der Waals surface area (Å²) in [6.07, 6.45) is 7.82. The normalized spacial score (nSPS) is 23.6.